The molecule has 2 fully saturated rings. The van der Waals surface area contributed by atoms with Crippen LogP contribution in [0.5, 0.6) is 0 Å². The highest BCUT2D eigenvalue weighted by atomic mass is 35.5. The van der Waals surface area contributed by atoms with E-state index in [0.717, 1.165) is 43.2 Å². The standard InChI is InChI=1S/C16H22ClN3O2/c17-14-5-1-2-6-15(14)19-7-9-20(10-8-19)16(21)18-12-13-4-3-11-22-13/h1-2,5-6,13H,3-4,7-12H2,(H,18,21). The van der Waals surface area contributed by atoms with Crippen molar-refractivity contribution in [3.8, 4) is 0 Å². The summed E-state index contributed by atoms with van der Waals surface area (Å²) in [6, 6.07) is 7.85. The highest BCUT2D eigenvalue weighted by molar-refractivity contribution is 6.33. The van der Waals surface area contributed by atoms with Crippen LogP contribution in [0.2, 0.25) is 5.02 Å². The van der Waals surface area contributed by atoms with Crippen molar-refractivity contribution in [1.82, 2.24) is 10.2 Å². The molecule has 2 amide bonds. The molecule has 2 heterocycles. The van der Waals surface area contributed by atoms with Gasteiger partial charge in [-0.2, -0.15) is 0 Å². The number of carbonyl (C=O) groups excluding carboxylic acids is 1. The molecule has 2 aliphatic rings. The third-order valence-corrected chi connectivity index (χ3v) is 4.58. The first-order chi connectivity index (χ1) is 10.7. The van der Waals surface area contributed by atoms with Crippen LogP contribution in [0.3, 0.4) is 0 Å². The van der Waals surface area contributed by atoms with Gasteiger partial charge in [0.25, 0.3) is 0 Å². The molecule has 1 aromatic rings. The molecule has 1 unspecified atom stereocenters. The van der Waals surface area contributed by atoms with Crippen LogP contribution in [0.1, 0.15) is 12.8 Å². The highest BCUT2D eigenvalue weighted by Crippen LogP contribution is 2.26. The summed E-state index contributed by atoms with van der Waals surface area (Å²) in [6.07, 6.45) is 2.32. The van der Waals surface area contributed by atoms with Crippen molar-refractivity contribution in [3.05, 3.63) is 29.3 Å². The second-order valence-corrected chi connectivity index (χ2v) is 6.15. The van der Waals surface area contributed by atoms with Gasteiger partial charge in [0, 0.05) is 39.3 Å². The average Bonchev–Trinajstić information content (AvgIpc) is 3.07. The number of nitrogens with zero attached hydrogens (tertiary/aromatic N) is 2. The van der Waals surface area contributed by atoms with E-state index < -0.39 is 0 Å². The van der Waals surface area contributed by atoms with Gasteiger partial charge in [-0.05, 0) is 25.0 Å². The second kappa shape index (κ2) is 7.20. The van der Waals surface area contributed by atoms with Gasteiger partial charge >= 0.3 is 6.03 Å². The van der Waals surface area contributed by atoms with Crippen molar-refractivity contribution in [3.63, 3.8) is 0 Å². The Labute approximate surface area is 136 Å². The lowest BCUT2D eigenvalue weighted by Crippen LogP contribution is -2.52. The summed E-state index contributed by atoms with van der Waals surface area (Å²) in [7, 11) is 0. The zero-order valence-corrected chi connectivity index (χ0v) is 13.4. The molecule has 0 aromatic heterocycles. The number of nitrogens with one attached hydrogen (secondary N) is 1. The van der Waals surface area contributed by atoms with E-state index in [4.69, 9.17) is 16.3 Å². The van der Waals surface area contributed by atoms with Crippen LogP contribution in [0.25, 0.3) is 0 Å². The van der Waals surface area contributed by atoms with Crippen molar-refractivity contribution in [1.29, 1.82) is 0 Å². The molecule has 2 saturated heterocycles. The largest absolute Gasteiger partial charge is 0.376 e. The fraction of sp³-hybridized carbons (Fsp3) is 0.562. The van der Waals surface area contributed by atoms with E-state index in [0.29, 0.717) is 19.6 Å². The molecule has 3 rings (SSSR count). The lowest BCUT2D eigenvalue weighted by molar-refractivity contribution is 0.108. The third kappa shape index (κ3) is 3.65. The van der Waals surface area contributed by atoms with Crippen LogP contribution in [0.4, 0.5) is 10.5 Å². The van der Waals surface area contributed by atoms with Gasteiger partial charge in [0.15, 0.2) is 0 Å². The number of ether oxygens (including phenoxy) is 1. The van der Waals surface area contributed by atoms with Gasteiger partial charge in [-0.15, -0.1) is 0 Å². The van der Waals surface area contributed by atoms with E-state index in [-0.39, 0.29) is 12.1 Å². The molecule has 120 valence electrons. The molecule has 0 bridgehead atoms. The van der Waals surface area contributed by atoms with E-state index in [9.17, 15) is 4.79 Å². The molecule has 2 aliphatic heterocycles. The molecule has 5 nitrogen and oxygen atoms in total. The van der Waals surface area contributed by atoms with Gasteiger partial charge in [-0.1, -0.05) is 23.7 Å². The summed E-state index contributed by atoms with van der Waals surface area (Å²) in [5.41, 5.74) is 1.04. The second-order valence-electron chi connectivity index (χ2n) is 5.75. The Hall–Kier alpha value is -1.46. The minimum Gasteiger partial charge on any atom is -0.376 e. The van der Waals surface area contributed by atoms with Crippen molar-refractivity contribution < 1.29 is 9.53 Å². The summed E-state index contributed by atoms with van der Waals surface area (Å²) >= 11 is 6.23. The smallest absolute Gasteiger partial charge is 0.317 e. The van der Waals surface area contributed by atoms with Gasteiger partial charge in [0.05, 0.1) is 16.8 Å². The molecule has 1 aromatic carbocycles. The van der Waals surface area contributed by atoms with Crippen LogP contribution in [-0.4, -0.2) is 56.4 Å². The van der Waals surface area contributed by atoms with E-state index in [1.165, 1.54) is 0 Å². The van der Waals surface area contributed by atoms with Crippen molar-refractivity contribution >= 4 is 23.3 Å². The zero-order valence-electron chi connectivity index (χ0n) is 12.6. The highest BCUT2D eigenvalue weighted by Gasteiger charge is 2.23. The zero-order chi connectivity index (χ0) is 15.4. The predicted molar refractivity (Wildman–Crippen MR) is 87.6 cm³/mol. The Balaban J connectivity index is 1.46. The molecule has 1 atom stereocenters. The van der Waals surface area contributed by atoms with Crippen LogP contribution in [0.15, 0.2) is 24.3 Å². The number of anilines is 1. The molecule has 0 aliphatic carbocycles. The number of hydrogen-bond donors (Lipinski definition) is 1. The maximum atomic E-state index is 12.2. The maximum Gasteiger partial charge on any atom is 0.317 e. The van der Waals surface area contributed by atoms with E-state index in [1.807, 2.05) is 29.2 Å². The number of amides is 2. The summed E-state index contributed by atoms with van der Waals surface area (Å²) in [5, 5.41) is 3.74. The minimum absolute atomic E-state index is 0.00862. The summed E-state index contributed by atoms with van der Waals surface area (Å²) in [4.78, 5) is 16.3. The fourth-order valence-corrected chi connectivity index (χ4v) is 3.23. The first-order valence-electron chi connectivity index (χ1n) is 7.88. The van der Waals surface area contributed by atoms with Crippen molar-refractivity contribution in [2.24, 2.45) is 0 Å². The molecule has 0 spiro atoms. The van der Waals surface area contributed by atoms with Crippen molar-refractivity contribution in [2.75, 3.05) is 44.2 Å². The van der Waals surface area contributed by atoms with Crippen molar-refractivity contribution in [2.45, 2.75) is 18.9 Å². The molecular formula is C16H22ClN3O2. The van der Waals surface area contributed by atoms with Gasteiger partial charge in [0.2, 0.25) is 0 Å². The number of hydrogen-bond acceptors (Lipinski definition) is 3. The number of carbonyl (C=O) groups is 1. The van der Waals surface area contributed by atoms with Gasteiger partial charge in [-0.25, -0.2) is 4.79 Å². The first kappa shape index (κ1) is 15.4. The molecule has 1 N–H and O–H groups in total. The molecule has 6 heteroatoms. The molecule has 22 heavy (non-hydrogen) atoms. The third-order valence-electron chi connectivity index (χ3n) is 4.26. The quantitative estimate of drug-likeness (QED) is 0.928. The monoisotopic (exact) mass is 323 g/mol. The maximum absolute atomic E-state index is 12.2. The number of benzene rings is 1. The number of para-hydroxylation sites is 1. The number of rotatable bonds is 3. The van der Waals surface area contributed by atoms with E-state index in [2.05, 4.69) is 10.2 Å². The molecule has 0 saturated carbocycles. The SMILES string of the molecule is O=C(NCC1CCCO1)N1CCN(c2ccccc2Cl)CC1. The van der Waals surface area contributed by atoms with Crippen LogP contribution in [0, 0.1) is 0 Å². The minimum atomic E-state index is 0.00862. The first-order valence-corrected chi connectivity index (χ1v) is 8.25. The number of piperazine rings is 1. The van der Waals surface area contributed by atoms with Gasteiger partial charge in [0.1, 0.15) is 0 Å². The molecule has 0 radical (unpaired) electrons. The molecular weight excluding hydrogens is 302 g/mol. The van der Waals surface area contributed by atoms with E-state index in [1.54, 1.807) is 0 Å². The Bertz CT molecular complexity index is 512. The van der Waals surface area contributed by atoms with Crippen LogP contribution < -0.4 is 10.2 Å². The topological polar surface area (TPSA) is 44.8 Å². The Morgan fingerprint density at radius 2 is 2.05 bits per heavy atom. The van der Waals surface area contributed by atoms with E-state index >= 15 is 0 Å². The van der Waals surface area contributed by atoms with Gasteiger partial charge < -0.3 is 19.9 Å². The van der Waals surface area contributed by atoms with Crippen LogP contribution >= 0.6 is 11.6 Å². The normalized spacial score (nSPS) is 22.0. The number of halogens is 1. The summed E-state index contributed by atoms with van der Waals surface area (Å²) < 4.78 is 5.52. The predicted octanol–water partition coefficient (Wildman–Crippen LogP) is 2.35. The van der Waals surface area contributed by atoms with Crippen LogP contribution in [-0.2, 0) is 4.74 Å². The fourth-order valence-electron chi connectivity index (χ4n) is 2.98. The Morgan fingerprint density at radius 1 is 1.27 bits per heavy atom. The lowest BCUT2D eigenvalue weighted by atomic mass is 10.2. The Morgan fingerprint density at radius 3 is 2.73 bits per heavy atom. The summed E-state index contributed by atoms with van der Waals surface area (Å²) in [5.74, 6) is 0. The number of urea groups is 1. The Kier molecular flexibility index (Phi) is 5.05. The van der Waals surface area contributed by atoms with Gasteiger partial charge in [-0.3, -0.25) is 0 Å². The average molecular weight is 324 g/mol. The lowest BCUT2D eigenvalue weighted by Gasteiger charge is -2.36. The summed E-state index contributed by atoms with van der Waals surface area (Å²) in [6.45, 7) is 4.46.